The number of alkyl halides is 3. The zero-order chi connectivity index (χ0) is 10.1. The van der Waals surface area contributed by atoms with Gasteiger partial charge in [-0.15, -0.1) is 0 Å². The molecule has 0 bridgehead atoms. The molecule has 1 rings (SSSR count). The standard InChI is InChI=1S/C7H9F3O3/c1-6(2-8)7(3-9,4-10)13-5(11)12-6/h2-4H2,1H3. The Balaban J connectivity index is 2.99. The van der Waals surface area contributed by atoms with Crippen LogP contribution < -0.4 is 0 Å². The van der Waals surface area contributed by atoms with Gasteiger partial charge in [0.1, 0.15) is 20.0 Å². The van der Waals surface area contributed by atoms with Crippen LogP contribution in [0, 0.1) is 0 Å². The van der Waals surface area contributed by atoms with Gasteiger partial charge in [-0.2, -0.15) is 0 Å². The molecule has 1 aliphatic heterocycles. The summed E-state index contributed by atoms with van der Waals surface area (Å²) in [5.74, 6) is 0. The van der Waals surface area contributed by atoms with Crippen molar-refractivity contribution in [2.45, 2.75) is 18.1 Å². The zero-order valence-electron chi connectivity index (χ0n) is 6.98. The van der Waals surface area contributed by atoms with Crippen LogP contribution in [0.25, 0.3) is 0 Å². The van der Waals surface area contributed by atoms with Crippen LogP contribution in [0.3, 0.4) is 0 Å². The molecule has 0 aliphatic carbocycles. The topological polar surface area (TPSA) is 35.5 Å². The highest BCUT2D eigenvalue weighted by Gasteiger charge is 2.61. The average molecular weight is 198 g/mol. The van der Waals surface area contributed by atoms with Crippen molar-refractivity contribution in [2.75, 3.05) is 20.0 Å². The molecule has 0 radical (unpaired) electrons. The second kappa shape index (κ2) is 3.08. The van der Waals surface area contributed by atoms with Crippen molar-refractivity contribution in [3.63, 3.8) is 0 Å². The minimum Gasteiger partial charge on any atom is -0.421 e. The molecule has 0 aromatic rings. The molecule has 0 aromatic carbocycles. The number of halogens is 3. The Labute approximate surface area is 72.8 Å². The van der Waals surface area contributed by atoms with Crippen LogP contribution in [-0.2, 0) is 9.47 Å². The van der Waals surface area contributed by atoms with Crippen molar-refractivity contribution in [3.8, 4) is 0 Å². The van der Waals surface area contributed by atoms with Gasteiger partial charge in [-0.3, -0.25) is 0 Å². The third-order valence-corrected chi connectivity index (χ3v) is 2.24. The van der Waals surface area contributed by atoms with E-state index in [-0.39, 0.29) is 0 Å². The highest BCUT2D eigenvalue weighted by atomic mass is 19.1. The summed E-state index contributed by atoms with van der Waals surface area (Å²) >= 11 is 0. The number of hydrogen-bond acceptors (Lipinski definition) is 3. The van der Waals surface area contributed by atoms with Crippen LogP contribution >= 0.6 is 0 Å². The summed E-state index contributed by atoms with van der Waals surface area (Å²) in [6, 6.07) is 0. The summed E-state index contributed by atoms with van der Waals surface area (Å²) in [5, 5.41) is 0. The smallest absolute Gasteiger partial charge is 0.421 e. The molecule has 3 nitrogen and oxygen atoms in total. The molecule has 0 saturated carbocycles. The van der Waals surface area contributed by atoms with E-state index < -0.39 is 37.4 Å². The van der Waals surface area contributed by atoms with Crippen LogP contribution in [0.1, 0.15) is 6.92 Å². The molecular weight excluding hydrogens is 189 g/mol. The molecule has 1 heterocycles. The van der Waals surface area contributed by atoms with Gasteiger partial charge in [0, 0.05) is 0 Å². The van der Waals surface area contributed by atoms with Gasteiger partial charge in [0.25, 0.3) is 0 Å². The summed E-state index contributed by atoms with van der Waals surface area (Å²) in [7, 11) is 0. The van der Waals surface area contributed by atoms with E-state index in [1.165, 1.54) is 0 Å². The van der Waals surface area contributed by atoms with Crippen molar-refractivity contribution < 1.29 is 27.4 Å². The third kappa shape index (κ3) is 1.24. The summed E-state index contributed by atoms with van der Waals surface area (Å²) in [4.78, 5) is 10.6. The molecule has 1 atom stereocenters. The zero-order valence-corrected chi connectivity index (χ0v) is 6.98. The first-order valence-electron chi connectivity index (χ1n) is 3.63. The Morgan fingerprint density at radius 2 is 1.69 bits per heavy atom. The van der Waals surface area contributed by atoms with Crippen LogP contribution in [0.4, 0.5) is 18.0 Å². The van der Waals surface area contributed by atoms with Crippen molar-refractivity contribution >= 4 is 6.16 Å². The van der Waals surface area contributed by atoms with Gasteiger partial charge in [0.15, 0.2) is 5.60 Å². The Kier molecular flexibility index (Phi) is 2.40. The van der Waals surface area contributed by atoms with E-state index in [2.05, 4.69) is 9.47 Å². The van der Waals surface area contributed by atoms with E-state index in [0.29, 0.717) is 0 Å². The SMILES string of the molecule is CC1(CF)OC(=O)OC1(CF)CF. The molecule has 13 heavy (non-hydrogen) atoms. The first-order chi connectivity index (χ1) is 6.03. The van der Waals surface area contributed by atoms with Gasteiger partial charge in [-0.1, -0.05) is 0 Å². The lowest BCUT2D eigenvalue weighted by Crippen LogP contribution is -2.54. The number of cyclic esters (lactones) is 2. The third-order valence-electron chi connectivity index (χ3n) is 2.24. The summed E-state index contributed by atoms with van der Waals surface area (Å²) in [6.45, 7) is -2.71. The highest BCUT2D eigenvalue weighted by Crippen LogP contribution is 2.38. The van der Waals surface area contributed by atoms with Crippen LogP contribution in [0.5, 0.6) is 0 Å². The number of hydrogen-bond donors (Lipinski definition) is 0. The number of carbonyl (C=O) groups excluding carboxylic acids is 1. The maximum absolute atomic E-state index is 12.4. The minimum absolute atomic E-state index is 1.09. The molecular formula is C7H9F3O3. The quantitative estimate of drug-likeness (QED) is 0.645. The molecule has 76 valence electrons. The van der Waals surface area contributed by atoms with Crippen molar-refractivity contribution in [1.29, 1.82) is 0 Å². The van der Waals surface area contributed by atoms with E-state index in [9.17, 15) is 18.0 Å². The maximum atomic E-state index is 12.4. The largest absolute Gasteiger partial charge is 0.509 e. The lowest BCUT2D eigenvalue weighted by Gasteiger charge is -2.31. The Morgan fingerprint density at radius 3 is 2.00 bits per heavy atom. The van der Waals surface area contributed by atoms with E-state index in [4.69, 9.17) is 0 Å². The fraction of sp³-hybridized carbons (Fsp3) is 0.857. The monoisotopic (exact) mass is 198 g/mol. The van der Waals surface area contributed by atoms with Crippen LogP contribution in [-0.4, -0.2) is 37.4 Å². The fourth-order valence-corrected chi connectivity index (χ4v) is 1.09. The average Bonchev–Trinajstić information content (AvgIpc) is 2.39. The predicted molar refractivity (Wildman–Crippen MR) is 36.6 cm³/mol. The lowest BCUT2D eigenvalue weighted by atomic mass is 9.88. The van der Waals surface area contributed by atoms with E-state index in [1.54, 1.807) is 0 Å². The maximum Gasteiger partial charge on any atom is 0.509 e. The Morgan fingerprint density at radius 1 is 1.15 bits per heavy atom. The Hall–Kier alpha value is -0.940. The second-order valence-corrected chi connectivity index (χ2v) is 3.08. The summed E-state index contributed by atoms with van der Waals surface area (Å²) in [5.41, 5.74) is -3.99. The highest BCUT2D eigenvalue weighted by molar-refractivity contribution is 5.64. The molecule has 0 amide bonds. The van der Waals surface area contributed by atoms with Gasteiger partial charge >= 0.3 is 6.16 Å². The molecule has 1 unspecified atom stereocenters. The summed E-state index contributed by atoms with van der Waals surface area (Å²) in [6.07, 6.45) is -1.24. The van der Waals surface area contributed by atoms with Crippen LogP contribution in [0.2, 0.25) is 0 Å². The molecule has 1 saturated heterocycles. The van der Waals surface area contributed by atoms with Gasteiger partial charge < -0.3 is 9.47 Å². The van der Waals surface area contributed by atoms with E-state index in [1.807, 2.05) is 0 Å². The predicted octanol–water partition coefficient (Wildman–Crippen LogP) is 1.56. The number of rotatable bonds is 3. The Bertz CT molecular complexity index is 217. The molecule has 1 aliphatic rings. The van der Waals surface area contributed by atoms with Gasteiger partial charge in [0.2, 0.25) is 5.60 Å². The first-order valence-corrected chi connectivity index (χ1v) is 3.63. The molecule has 0 spiro atoms. The van der Waals surface area contributed by atoms with Crippen molar-refractivity contribution in [3.05, 3.63) is 0 Å². The normalized spacial score (nSPS) is 31.2. The second-order valence-electron chi connectivity index (χ2n) is 3.08. The van der Waals surface area contributed by atoms with Crippen molar-refractivity contribution in [2.24, 2.45) is 0 Å². The molecule has 0 aromatic heterocycles. The molecule has 6 heteroatoms. The lowest BCUT2D eigenvalue weighted by molar-refractivity contribution is -0.0775. The van der Waals surface area contributed by atoms with E-state index >= 15 is 0 Å². The number of ether oxygens (including phenoxy) is 2. The fourth-order valence-electron chi connectivity index (χ4n) is 1.09. The van der Waals surface area contributed by atoms with Gasteiger partial charge in [-0.25, -0.2) is 18.0 Å². The van der Waals surface area contributed by atoms with Crippen molar-refractivity contribution in [1.82, 2.24) is 0 Å². The number of carbonyl (C=O) groups is 1. The van der Waals surface area contributed by atoms with E-state index in [0.717, 1.165) is 6.92 Å². The van der Waals surface area contributed by atoms with Gasteiger partial charge in [0.05, 0.1) is 0 Å². The summed E-state index contributed by atoms with van der Waals surface area (Å²) < 4.78 is 46.0. The minimum atomic E-state index is -2.13. The van der Waals surface area contributed by atoms with Gasteiger partial charge in [-0.05, 0) is 6.92 Å². The molecule has 0 N–H and O–H groups in total. The van der Waals surface area contributed by atoms with Crippen LogP contribution in [0.15, 0.2) is 0 Å². The first kappa shape index (κ1) is 10.1. The molecule has 1 fully saturated rings.